The van der Waals surface area contributed by atoms with Crippen molar-refractivity contribution in [1.29, 1.82) is 0 Å². The molecule has 30 heavy (non-hydrogen) atoms. The number of benzene rings is 2. The highest BCUT2D eigenvalue weighted by Gasteiger charge is 2.19. The van der Waals surface area contributed by atoms with Crippen molar-refractivity contribution < 1.29 is 19.4 Å². The smallest absolute Gasteiger partial charge is 0.338 e. The van der Waals surface area contributed by atoms with Gasteiger partial charge in [0, 0.05) is 39.3 Å². The van der Waals surface area contributed by atoms with Crippen LogP contribution in [-0.2, 0) is 11.3 Å². The van der Waals surface area contributed by atoms with E-state index in [1.807, 2.05) is 0 Å². The zero-order chi connectivity index (χ0) is 21.3. The number of aliphatic hydroxyl groups excluding tert-OH is 1. The second-order valence-corrected chi connectivity index (χ2v) is 7.78. The molecule has 0 amide bonds. The number of carbonyl (C=O) groups excluding carboxylic acids is 1. The van der Waals surface area contributed by atoms with Crippen LogP contribution in [0.5, 0.6) is 5.75 Å². The molecule has 162 valence electrons. The van der Waals surface area contributed by atoms with Gasteiger partial charge in [-0.1, -0.05) is 29.8 Å². The Hall–Kier alpha value is -2.41. The molecule has 0 aliphatic carbocycles. The highest BCUT2D eigenvalue weighted by molar-refractivity contribution is 5.89. The van der Waals surface area contributed by atoms with Gasteiger partial charge in [-0.25, -0.2) is 4.79 Å². The summed E-state index contributed by atoms with van der Waals surface area (Å²) < 4.78 is 10.6. The topological polar surface area (TPSA) is 62.2 Å². The molecule has 1 heterocycles. The molecule has 0 spiro atoms. The Morgan fingerprint density at radius 2 is 1.77 bits per heavy atom. The van der Waals surface area contributed by atoms with Crippen LogP contribution in [0.15, 0.2) is 48.5 Å². The lowest BCUT2D eigenvalue weighted by Gasteiger charge is -2.35. The molecule has 6 heteroatoms. The first-order valence-corrected chi connectivity index (χ1v) is 10.6. The average molecular weight is 413 g/mol. The predicted molar refractivity (Wildman–Crippen MR) is 117 cm³/mol. The van der Waals surface area contributed by atoms with Crippen LogP contribution >= 0.6 is 0 Å². The number of hydrogen-bond acceptors (Lipinski definition) is 6. The highest BCUT2D eigenvalue weighted by atomic mass is 16.5. The standard InChI is InChI=1S/C24H32N2O4/c1-3-29-24(28)21-7-9-23(10-8-21)30-18-22(27)17-26-13-11-25(12-14-26)16-20-6-4-5-19(2)15-20/h4-10,15,22,27H,3,11-14,16-18H2,1-2H3. The lowest BCUT2D eigenvalue weighted by atomic mass is 10.1. The molecule has 1 fully saturated rings. The van der Waals surface area contributed by atoms with Crippen molar-refractivity contribution in [1.82, 2.24) is 9.80 Å². The first kappa shape index (κ1) is 22.3. The molecule has 0 saturated carbocycles. The van der Waals surface area contributed by atoms with E-state index < -0.39 is 6.10 Å². The number of esters is 1. The van der Waals surface area contributed by atoms with Crippen LogP contribution in [0.25, 0.3) is 0 Å². The van der Waals surface area contributed by atoms with Gasteiger partial charge in [0.25, 0.3) is 0 Å². The Kier molecular flexibility index (Phi) is 8.25. The maximum atomic E-state index is 11.7. The predicted octanol–water partition coefficient (Wildman–Crippen LogP) is 2.73. The van der Waals surface area contributed by atoms with E-state index >= 15 is 0 Å². The summed E-state index contributed by atoms with van der Waals surface area (Å²) >= 11 is 0. The van der Waals surface area contributed by atoms with E-state index in [0.717, 1.165) is 32.7 Å². The number of β-amino-alcohol motifs (C(OH)–C–C–N with tert-alkyl or cyclic N) is 1. The zero-order valence-corrected chi connectivity index (χ0v) is 17.9. The fraction of sp³-hybridized carbons (Fsp3) is 0.458. The number of piperazine rings is 1. The fourth-order valence-electron chi connectivity index (χ4n) is 3.64. The number of rotatable bonds is 9. The van der Waals surface area contributed by atoms with E-state index in [1.165, 1.54) is 11.1 Å². The van der Waals surface area contributed by atoms with Crippen molar-refractivity contribution in [2.45, 2.75) is 26.5 Å². The number of hydrogen-bond donors (Lipinski definition) is 1. The third kappa shape index (κ3) is 6.83. The van der Waals surface area contributed by atoms with E-state index in [2.05, 4.69) is 41.0 Å². The molecule has 2 aromatic carbocycles. The molecular formula is C24H32N2O4. The van der Waals surface area contributed by atoms with Crippen molar-refractivity contribution in [2.75, 3.05) is 45.9 Å². The Labute approximate surface area is 179 Å². The van der Waals surface area contributed by atoms with Crippen molar-refractivity contribution in [3.63, 3.8) is 0 Å². The third-order valence-electron chi connectivity index (χ3n) is 5.23. The van der Waals surface area contributed by atoms with Gasteiger partial charge >= 0.3 is 5.97 Å². The van der Waals surface area contributed by atoms with Crippen LogP contribution in [-0.4, -0.2) is 72.9 Å². The van der Waals surface area contributed by atoms with Crippen LogP contribution in [0.2, 0.25) is 0 Å². The summed E-state index contributed by atoms with van der Waals surface area (Å²) in [6.45, 7) is 9.93. The van der Waals surface area contributed by atoms with Crippen molar-refractivity contribution >= 4 is 5.97 Å². The number of aryl methyl sites for hydroxylation is 1. The molecule has 1 aliphatic rings. The van der Waals surface area contributed by atoms with Crippen LogP contribution < -0.4 is 4.74 Å². The molecule has 1 N–H and O–H groups in total. The SMILES string of the molecule is CCOC(=O)c1ccc(OCC(O)CN2CCN(Cc3cccc(C)c3)CC2)cc1. The summed E-state index contributed by atoms with van der Waals surface area (Å²) in [7, 11) is 0. The number of aliphatic hydroxyl groups is 1. The summed E-state index contributed by atoms with van der Waals surface area (Å²) in [6.07, 6.45) is -0.557. The van der Waals surface area contributed by atoms with Crippen molar-refractivity contribution in [3.05, 3.63) is 65.2 Å². The first-order valence-electron chi connectivity index (χ1n) is 10.6. The summed E-state index contributed by atoms with van der Waals surface area (Å²) in [4.78, 5) is 16.4. The normalized spacial score (nSPS) is 16.2. The molecule has 6 nitrogen and oxygen atoms in total. The van der Waals surface area contributed by atoms with Gasteiger partial charge < -0.3 is 14.6 Å². The van der Waals surface area contributed by atoms with Crippen molar-refractivity contribution in [2.24, 2.45) is 0 Å². The van der Waals surface area contributed by atoms with Crippen LogP contribution in [0.3, 0.4) is 0 Å². The largest absolute Gasteiger partial charge is 0.491 e. The summed E-state index contributed by atoms with van der Waals surface area (Å²) in [5, 5.41) is 10.4. The van der Waals surface area contributed by atoms with Crippen LogP contribution in [0.1, 0.15) is 28.4 Å². The number of nitrogens with zero attached hydrogens (tertiary/aromatic N) is 2. The van der Waals surface area contributed by atoms with Gasteiger partial charge in [0.2, 0.25) is 0 Å². The minimum Gasteiger partial charge on any atom is -0.491 e. The molecular weight excluding hydrogens is 380 g/mol. The number of carbonyl (C=O) groups is 1. The molecule has 3 rings (SSSR count). The summed E-state index contributed by atoms with van der Waals surface area (Å²) in [6, 6.07) is 15.5. The van der Waals surface area contributed by atoms with E-state index in [1.54, 1.807) is 31.2 Å². The second kappa shape index (κ2) is 11.1. The van der Waals surface area contributed by atoms with Gasteiger partial charge in [-0.2, -0.15) is 0 Å². The molecule has 0 aromatic heterocycles. The Bertz CT molecular complexity index is 801. The molecule has 0 radical (unpaired) electrons. The summed E-state index contributed by atoms with van der Waals surface area (Å²) in [5.74, 6) is 0.288. The maximum absolute atomic E-state index is 11.7. The van der Waals surface area contributed by atoms with Crippen molar-refractivity contribution in [3.8, 4) is 5.75 Å². The van der Waals surface area contributed by atoms with E-state index in [9.17, 15) is 9.90 Å². The summed E-state index contributed by atoms with van der Waals surface area (Å²) in [5.41, 5.74) is 3.14. The molecule has 1 unspecified atom stereocenters. The lowest BCUT2D eigenvalue weighted by molar-refractivity contribution is 0.0445. The Morgan fingerprint density at radius 3 is 2.43 bits per heavy atom. The first-order chi connectivity index (χ1) is 14.5. The molecule has 0 bridgehead atoms. The van der Waals surface area contributed by atoms with E-state index in [0.29, 0.717) is 24.5 Å². The monoisotopic (exact) mass is 412 g/mol. The Morgan fingerprint density at radius 1 is 1.07 bits per heavy atom. The highest BCUT2D eigenvalue weighted by Crippen LogP contribution is 2.14. The van der Waals surface area contributed by atoms with Gasteiger partial charge in [-0.3, -0.25) is 9.80 Å². The van der Waals surface area contributed by atoms with Crippen LogP contribution in [0.4, 0.5) is 0 Å². The molecule has 1 saturated heterocycles. The average Bonchev–Trinajstić information content (AvgIpc) is 2.74. The third-order valence-corrected chi connectivity index (χ3v) is 5.23. The van der Waals surface area contributed by atoms with Gasteiger partial charge in [-0.15, -0.1) is 0 Å². The quantitative estimate of drug-likeness (QED) is 0.639. The Balaban J connectivity index is 1.36. The minimum absolute atomic E-state index is 0.224. The molecule has 1 atom stereocenters. The molecule has 2 aromatic rings. The molecule has 1 aliphatic heterocycles. The zero-order valence-electron chi connectivity index (χ0n) is 17.9. The lowest BCUT2D eigenvalue weighted by Crippen LogP contribution is -2.48. The van der Waals surface area contributed by atoms with Crippen LogP contribution in [0, 0.1) is 6.92 Å². The van der Waals surface area contributed by atoms with Gasteiger partial charge in [0.1, 0.15) is 18.5 Å². The van der Waals surface area contributed by atoms with E-state index in [4.69, 9.17) is 9.47 Å². The number of ether oxygens (including phenoxy) is 2. The fourth-order valence-corrected chi connectivity index (χ4v) is 3.64. The van der Waals surface area contributed by atoms with Gasteiger partial charge in [-0.05, 0) is 43.7 Å². The maximum Gasteiger partial charge on any atom is 0.338 e. The van der Waals surface area contributed by atoms with Gasteiger partial charge in [0.05, 0.1) is 12.2 Å². The van der Waals surface area contributed by atoms with E-state index in [-0.39, 0.29) is 12.6 Å². The second-order valence-electron chi connectivity index (χ2n) is 7.78. The van der Waals surface area contributed by atoms with Gasteiger partial charge in [0.15, 0.2) is 0 Å². The minimum atomic E-state index is -0.557.